The molecule has 0 aliphatic carbocycles. The lowest BCUT2D eigenvalue weighted by molar-refractivity contribution is 0.00357. The Morgan fingerprint density at radius 1 is 1.32 bits per heavy atom. The molecule has 0 radical (unpaired) electrons. The molecule has 118 valence electrons. The van der Waals surface area contributed by atoms with Gasteiger partial charge in [0, 0.05) is 29.1 Å². The van der Waals surface area contributed by atoms with Crippen molar-refractivity contribution in [2.45, 2.75) is 39.3 Å². The zero-order valence-electron chi connectivity index (χ0n) is 13.3. The monoisotopic (exact) mass is 321 g/mol. The number of halogens is 1. The molecule has 3 rings (SSSR count). The molecule has 0 spiro atoms. The van der Waals surface area contributed by atoms with E-state index in [1.54, 1.807) is 0 Å². The second-order valence-corrected chi connectivity index (χ2v) is 7.21. The highest BCUT2D eigenvalue weighted by atomic mass is 35.5. The van der Waals surface area contributed by atoms with Crippen molar-refractivity contribution in [3.63, 3.8) is 0 Å². The summed E-state index contributed by atoms with van der Waals surface area (Å²) in [6, 6.07) is 3.65. The number of hydrogen-bond acceptors (Lipinski definition) is 4. The second kappa shape index (κ2) is 5.28. The van der Waals surface area contributed by atoms with E-state index in [2.05, 4.69) is 4.90 Å². The van der Waals surface area contributed by atoms with E-state index < -0.39 is 11.6 Å². The number of ether oxygens (including phenoxy) is 1. The smallest absolute Gasteiger partial charge is 0.375 e. The van der Waals surface area contributed by atoms with Gasteiger partial charge in [0.05, 0.1) is 0 Å². The van der Waals surface area contributed by atoms with Gasteiger partial charge in [0.2, 0.25) is 5.76 Å². The Morgan fingerprint density at radius 2 is 2.05 bits per heavy atom. The largest absolute Gasteiger partial charge is 0.454 e. The van der Waals surface area contributed by atoms with Gasteiger partial charge < -0.3 is 14.1 Å². The number of carbonyl (C=O) groups excluding carboxylic acids is 1. The molecule has 0 atom stereocenters. The molecule has 5 heteroatoms. The Balaban J connectivity index is 2.18. The Morgan fingerprint density at radius 3 is 2.73 bits per heavy atom. The molecule has 0 saturated carbocycles. The summed E-state index contributed by atoms with van der Waals surface area (Å²) in [5.74, 6) is -0.127. The van der Waals surface area contributed by atoms with Gasteiger partial charge in [-0.25, -0.2) is 4.79 Å². The molecule has 0 saturated heterocycles. The summed E-state index contributed by atoms with van der Waals surface area (Å²) >= 11 is 6.35. The van der Waals surface area contributed by atoms with E-state index in [0.717, 1.165) is 34.5 Å². The van der Waals surface area contributed by atoms with Gasteiger partial charge in [-0.2, -0.15) is 0 Å². The standard InChI is InChI=1S/C17H20ClNO3/c1-17(2,3)22-16(20)15-11-9-19(4)8-7-10-12(18)5-6-13(21-15)14(10)11/h5-6H,7-9H2,1-4H3. The fourth-order valence-electron chi connectivity index (χ4n) is 2.84. The first kappa shape index (κ1) is 15.4. The summed E-state index contributed by atoms with van der Waals surface area (Å²) in [7, 11) is 2.03. The SMILES string of the molecule is CN1CCc2c(Cl)ccc3oc(C(=O)OC(C)(C)C)c(c23)C1. The van der Waals surface area contributed by atoms with Crippen LogP contribution in [0, 0.1) is 0 Å². The molecule has 4 nitrogen and oxygen atoms in total. The highest BCUT2D eigenvalue weighted by Gasteiger charge is 2.29. The minimum absolute atomic E-state index is 0.294. The number of hydrogen-bond donors (Lipinski definition) is 0. The third-order valence-electron chi connectivity index (χ3n) is 3.76. The van der Waals surface area contributed by atoms with Crippen molar-refractivity contribution in [3.05, 3.63) is 34.0 Å². The van der Waals surface area contributed by atoms with E-state index in [-0.39, 0.29) is 0 Å². The molecule has 1 aliphatic heterocycles. The lowest BCUT2D eigenvalue weighted by atomic mass is 10.0. The van der Waals surface area contributed by atoms with Gasteiger partial charge in [0.25, 0.3) is 0 Å². The molecule has 2 aromatic rings. The van der Waals surface area contributed by atoms with Crippen LogP contribution in [0.4, 0.5) is 0 Å². The van der Waals surface area contributed by atoms with Crippen molar-refractivity contribution in [2.75, 3.05) is 13.6 Å². The second-order valence-electron chi connectivity index (χ2n) is 6.80. The van der Waals surface area contributed by atoms with Gasteiger partial charge in [0.15, 0.2) is 0 Å². The highest BCUT2D eigenvalue weighted by Crippen LogP contribution is 2.36. The van der Waals surface area contributed by atoms with E-state index in [9.17, 15) is 4.79 Å². The van der Waals surface area contributed by atoms with E-state index in [4.69, 9.17) is 20.8 Å². The van der Waals surface area contributed by atoms with Crippen molar-refractivity contribution < 1.29 is 13.9 Å². The molecule has 0 fully saturated rings. The Hall–Kier alpha value is -1.52. The van der Waals surface area contributed by atoms with E-state index in [1.807, 2.05) is 40.0 Å². The molecule has 1 aromatic heterocycles. The summed E-state index contributed by atoms with van der Waals surface area (Å²) in [6.07, 6.45) is 0.840. The van der Waals surface area contributed by atoms with E-state index in [0.29, 0.717) is 17.9 Å². The summed E-state index contributed by atoms with van der Waals surface area (Å²) in [4.78, 5) is 14.6. The Kier molecular flexibility index (Phi) is 3.69. The quantitative estimate of drug-likeness (QED) is 0.744. The molecular formula is C17H20ClNO3. The van der Waals surface area contributed by atoms with Crippen molar-refractivity contribution in [3.8, 4) is 0 Å². The van der Waals surface area contributed by atoms with E-state index >= 15 is 0 Å². The molecule has 0 N–H and O–H groups in total. The first-order valence-corrected chi connectivity index (χ1v) is 7.79. The summed E-state index contributed by atoms with van der Waals surface area (Å²) in [6.45, 7) is 7.08. The van der Waals surface area contributed by atoms with Crippen LogP contribution in [0.15, 0.2) is 16.5 Å². The fourth-order valence-corrected chi connectivity index (χ4v) is 3.09. The van der Waals surface area contributed by atoms with Gasteiger partial charge in [-0.1, -0.05) is 11.6 Å². The van der Waals surface area contributed by atoms with Crippen LogP contribution in [0.25, 0.3) is 11.0 Å². The molecule has 22 heavy (non-hydrogen) atoms. The van der Waals surface area contributed by atoms with Crippen LogP contribution in [0.2, 0.25) is 5.02 Å². The third-order valence-corrected chi connectivity index (χ3v) is 4.12. The molecule has 0 amide bonds. The van der Waals surface area contributed by atoms with Crippen molar-refractivity contribution in [1.82, 2.24) is 4.90 Å². The Labute approximate surface area is 135 Å². The fraction of sp³-hybridized carbons (Fsp3) is 0.471. The highest BCUT2D eigenvalue weighted by molar-refractivity contribution is 6.32. The average Bonchev–Trinajstić information content (AvgIpc) is 2.65. The summed E-state index contributed by atoms with van der Waals surface area (Å²) in [5.41, 5.74) is 2.07. The van der Waals surface area contributed by atoms with Crippen LogP contribution < -0.4 is 0 Å². The predicted octanol–water partition coefficient (Wildman–Crippen LogP) is 4.03. The molecule has 1 aromatic carbocycles. The number of likely N-dealkylation sites (N-methyl/N-ethyl adjacent to an activating group) is 1. The van der Waals surface area contributed by atoms with Crippen LogP contribution in [-0.2, 0) is 17.7 Å². The van der Waals surface area contributed by atoms with E-state index in [1.165, 1.54) is 0 Å². The maximum absolute atomic E-state index is 12.5. The predicted molar refractivity (Wildman–Crippen MR) is 86.4 cm³/mol. The van der Waals surface area contributed by atoms with Crippen LogP contribution >= 0.6 is 11.6 Å². The van der Waals surface area contributed by atoms with Crippen molar-refractivity contribution in [2.24, 2.45) is 0 Å². The molecule has 2 heterocycles. The number of esters is 1. The summed E-state index contributed by atoms with van der Waals surface area (Å²) < 4.78 is 11.3. The van der Waals surface area contributed by atoms with Crippen LogP contribution in [0.5, 0.6) is 0 Å². The number of furan rings is 1. The van der Waals surface area contributed by atoms with Gasteiger partial charge >= 0.3 is 5.97 Å². The minimum atomic E-state index is -0.556. The maximum Gasteiger partial charge on any atom is 0.375 e. The first-order chi connectivity index (χ1) is 10.3. The lowest BCUT2D eigenvalue weighted by Crippen LogP contribution is -2.25. The normalized spacial score (nSPS) is 15.9. The number of benzene rings is 1. The number of rotatable bonds is 1. The first-order valence-electron chi connectivity index (χ1n) is 7.41. The molecule has 0 unspecified atom stereocenters. The zero-order valence-corrected chi connectivity index (χ0v) is 14.1. The van der Waals surface area contributed by atoms with Gasteiger partial charge in [0.1, 0.15) is 11.2 Å². The van der Waals surface area contributed by atoms with Gasteiger partial charge in [-0.15, -0.1) is 0 Å². The molecule has 0 bridgehead atoms. The van der Waals surface area contributed by atoms with Crippen molar-refractivity contribution in [1.29, 1.82) is 0 Å². The van der Waals surface area contributed by atoms with Crippen LogP contribution in [-0.4, -0.2) is 30.1 Å². The number of nitrogens with zero attached hydrogens (tertiary/aromatic N) is 1. The topological polar surface area (TPSA) is 42.7 Å². The molecular weight excluding hydrogens is 302 g/mol. The maximum atomic E-state index is 12.5. The summed E-state index contributed by atoms with van der Waals surface area (Å²) in [5, 5.41) is 1.69. The average molecular weight is 322 g/mol. The van der Waals surface area contributed by atoms with Gasteiger partial charge in [-0.05, 0) is 51.9 Å². The lowest BCUT2D eigenvalue weighted by Gasteiger charge is -2.19. The van der Waals surface area contributed by atoms with Crippen LogP contribution in [0.1, 0.15) is 42.5 Å². The third kappa shape index (κ3) is 2.73. The zero-order chi connectivity index (χ0) is 16.1. The minimum Gasteiger partial charge on any atom is -0.454 e. The van der Waals surface area contributed by atoms with Gasteiger partial charge in [-0.3, -0.25) is 0 Å². The Bertz CT molecular complexity index is 742. The number of carbonyl (C=O) groups is 1. The molecule has 1 aliphatic rings. The van der Waals surface area contributed by atoms with Crippen molar-refractivity contribution >= 4 is 28.5 Å². The van der Waals surface area contributed by atoms with Crippen LogP contribution in [0.3, 0.4) is 0 Å².